The van der Waals surface area contributed by atoms with Crippen molar-refractivity contribution >= 4 is 11.8 Å². The van der Waals surface area contributed by atoms with E-state index in [1.807, 2.05) is 30.3 Å². The van der Waals surface area contributed by atoms with E-state index in [2.05, 4.69) is 25.6 Å². The molecule has 102 valence electrons. The summed E-state index contributed by atoms with van der Waals surface area (Å²) in [7, 11) is 0. The Labute approximate surface area is 120 Å². The Morgan fingerprint density at radius 2 is 2.10 bits per heavy atom. The molecule has 1 aromatic carbocycles. The number of aromatic nitrogens is 5. The maximum absolute atomic E-state index is 5.25. The van der Waals surface area contributed by atoms with Crippen LogP contribution < -0.4 is 0 Å². The summed E-state index contributed by atoms with van der Waals surface area (Å²) in [5.41, 5.74) is 0.972. The van der Waals surface area contributed by atoms with Crippen molar-refractivity contribution in [3.05, 3.63) is 42.4 Å². The number of hydrogen-bond acceptors (Lipinski definition) is 6. The van der Waals surface area contributed by atoms with Crippen LogP contribution in [0.15, 0.2) is 46.1 Å². The fourth-order valence-corrected chi connectivity index (χ4v) is 2.45. The quantitative estimate of drug-likeness (QED) is 0.554. The Balaban J connectivity index is 1.50. The van der Waals surface area contributed by atoms with E-state index in [0.29, 0.717) is 11.7 Å². The van der Waals surface area contributed by atoms with Crippen LogP contribution in [0.4, 0.5) is 0 Å². The lowest BCUT2D eigenvalue weighted by atomic mass is 10.2. The van der Waals surface area contributed by atoms with Crippen molar-refractivity contribution in [2.45, 2.75) is 17.9 Å². The van der Waals surface area contributed by atoms with Crippen LogP contribution in [0.2, 0.25) is 0 Å². The predicted octanol–water partition coefficient (Wildman–Crippen LogP) is 2.58. The van der Waals surface area contributed by atoms with Gasteiger partial charge >= 0.3 is 0 Å². The summed E-state index contributed by atoms with van der Waals surface area (Å²) in [6, 6.07) is 9.82. The molecule has 2 heterocycles. The number of nitrogens with zero attached hydrogens (tertiary/aromatic N) is 4. The van der Waals surface area contributed by atoms with Crippen LogP contribution in [-0.4, -0.2) is 31.3 Å². The van der Waals surface area contributed by atoms with E-state index in [4.69, 9.17) is 4.52 Å². The first-order chi connectivity index (χ1) is 9.92. The molecule has 0 bridgehead atoms. The van der Waals surface area contributed by atoms with Gasteiger partial charge < -0.3 is 4.52 Å². The number of aromatic amines is 1. The molecule has 0 spiro atoms. The molecule has 1 N–H and O–H groups in total. The van der Waals surface area contributed by atoms with Crippen molar-refractivity contribution in [1.82, 2.24) is 25.6 Å². The summed E-state index contributed by atoms with van der Waals surface area (Å²) in [6.07, 6.45) is 3.43. The van der Waals surface area contributed by atoms with Crippen LogP contribution in [0.5, 0.6) is 0 Å². The third-order valence-electron chi connectivity index (χ3n) is 2.68. The second kappa shape index (κ2) is 6.33. The van der Waals surface area contributed by atoms with Gasteiger partial charge in [-0.25, -0.2) is 0 Å². The van der Waals surface area contributed by atoms with E-state index in [0.717, 1.165) is 29.2 Å². The van der Waals surface area contributed by atoms with E-state index in [9.17, 15) is 0 Å². The molecule has 0 atom stereocenters. The SMILES string of the molecule is c1ccc(-c2noc(CCCSc3cn[nH]n3)n2)cc1. The molecule has 2 aromatic heterocycles. The highest BCUT2D eigenvalue weighted by Crippen LogP contribution is 2.17. The van der Waals surface area contributed by atoms with Gasteiger partial charge in [0, 0.05) is 17.7 Å². The molecule has 3 aromatic rings. The summed E-state index contributed by atoms with van der Waals surface area (Å²) in [6.45, 7) is 0. The number of hydrogen-bond donors (Lipinski definition) is 1. The standard InChI is InChI=1S/C13H13N5OS/c1-2-5-10(6-3-1)13-15-11(19-17-13)7-4-8-20-12-9-14-18-16-12/h1-3,5-6,9H,4,7-8H2,(H,14,16,18). The number of H-pyrrole nitrogens is 1. The smallest absolute Gasteiger partial charge is 0.226 e. The van der Waals surface area contributed by atoms with Gasteiger partial charge in [0.15, 0.2) is 0 Å². The van der Waals surface area contributed by atoms with E-state index < -0.39 is 0 Å². The average Bonchev–Trinajstić information content (AvgIpc) is 3.16. The molecule has 0 aliphatic rings. The van der Waals surface area contributed by atoms with Crippen molar-refractivity contribution < 1.29 is 4.52 Å². The molecule has 0 aliphatic carbocycles. The Kier molecular flexibility index (Phi) is 4.07. The molecule has 0 radical (unpaired) electrons. The minimum atomic E-state index is 0.643. The van der Waals surface area contributed by atoms with Crippen molar-refractivity contribution in [1.29, 1.82) is 0 Å². The lowest BCUT2D eigenvalue weighted by Crippen LogP contribution is -1.88. The van der Waals surface area contributed by atoms with Crippen molar-refractivity contribution in [3.8, 4) is 11.4 Å². The van der Waals surface area contributed by atoms with Crippen LogP contribution in [0.3, 0.4) is 0 Å². The van der Waals surface area contributed by atoms with Crippen molar-refractivity contribution in [2.24, 2.45) is 0 Å². The monoisotopic (exact) mass is 287 g/mol. The van der Waals surface area contributed by atoms with Crippen LogP contribution in [-0.2, 0) is 6.42 Å². The Morgan fingerprint density at radius 1 is 1.20 bits per heavy atom. The highest BCUT2D eigenvalue weighted by atomic mass is 32.2. The number of benzene rings is 1. The Hall–Kier alpha value is -2.15. The summed E-state index contributed by atoms with van der Waals surface area (Å²) < 4.78 is 5.25. The largest absolute Gasteiger partial charge is 0.339 e. The summed E-state index contributed by atoms with van der Waals surface area (Å²) in [4.78, 5) is 4.39. The molecular formula is C13H13N5OS. The Bertz CT molecular complexity index is 638. The summed E-state index contributed by atoms with van der Waals surface area (Å²) in [5, 5.41) is 15.2. The van der Waals surface area contributed by atoms with Gasteiger partial charge in [-0.15, -0.1) is 16.9 Å². The van der Waals surface area contributed by atoms with Crippen LogP contribution in [0.1, 0.15) is 12.3 Å². The normalized spacial score (nSPS) is 10.8. The highest BCUT2D eigenvalue weighted by molar-refractivity contribution is 7.99. The van der Waals surface area contributed by atoms with E-state index in [-0.39, 0.29) is 0 Å². The topological polar surface area (TPSA) is 80.5 Å². The fraction of sp³-hybridized carbons (Fsp3) is 0.231. The van der Waals surface area contributed by atoms with Gasteiger partial charge in [0.1, 0.15) is 5.03 Å². The average molecular weight is 287 g/mol. The highest BCUT2D eigenvalue weighted by Gasteiger charge is 2.08. The van der Waals surface area contributed by atoms with Gasteiger partial charge in [-0.2, -0.15) is 15.3 Å². The van der Waals surface area contributed by atoms with Gasteiger partial charge in [0.25, 0.3) is 0 Å². The van der Waals surface area contributed by atoms with Crippen LogP contribution >= 0.6 is 11.8 Å². The molecule has 7 heteroatoms. The first-order valence-corrected chi connectivity index (χ1v) is 7.27. The number of thioether (sulfide) groups is 1. The van der Waals surface area contributed by atoms with Crippen molar-refractivity contribution in [2.75, 3.05) is 5.75 Å². The lowest BCUT2D eigenvalue weighted by Gasteiger charge is -1.94. The van der Waals surface area contributed by atoms with E-state index in [1.165, 1.54) is 0 Å². The molecular weight excluding hydrogens is 274 g/mol. The second-order valence-corrected chi connectivity index (χ2v) is 5.25. The molecule has 0 amide bonds. The minimum Gasteiger partial charge on any atom is -0.339 e. The zero-order chi connectivity index (χ0) is 13.6. The first-order valence-electron chi connectivity index (χ1n) is 6.28. The predicted molar refractivity (Wildman–Crippen MR) is 75.2 cm³/mol. The molecule has 0 fully saturated rings. The van der Waals surface area contributed by atoms with Crippen LogP contribution in [0.25, 0.3) is 11.4 Å². The zero-order valence-electron chi connectivity index (χ0n) is 10.7. The van der Waals surface area contributed by atoms with E-state index >= 15 is 0 Å². The number of aryl methyl sites for hydroxylation is 1. The van der Waals surface area contributed by atoms with Crippen molar-refractivity contribution in [3.63, 3.8) is 0 Å². The van der Waals surface area contributed by atoms with E-state index in [1.54, 1.807) is 18.0 Å². The van der Waals surface area contributed by atoms with Gasteiger partial charge in [0.05, 0.1) is 6.20 Å². The van der Waals surface area contributed by atoms with Gasteiger partial charge in [-0.1, -0.05) is 35.5 Å². The van der Waals surface area contributed by atoms with Gasteiger partial charge in [-0.05, 0) is 6.42 Å². The maximum atomic E-state index is 5.25. The van der Waals surface area contributed by atoms with Crippen LogP contribution in [0, 0.1) is 0 Å². The molecule has 0 saturated heterocycles. The van der Waals surface area contributed by atoms with Gasteiger partial charge in [0.2, 0.25) is 11.7 Å². The molecule has 3 rings (SSSR count). The molecule has 0 saturated carbocycles. The minimum absolute atomic E-state index is 0.643. The molecule has 0 unspecified atom stereocenters. The zero-order valence-corrected chi connectivity index (χ0v) is 11.5. The third kappa shape index (κ3) is 3.24. The first kappa shape index (κ1) is 12.9. The fourth-order valence-electron chi connectivity index (χ4n) is 1.72. The Morgan fingerprint density at radius 3 is 2.90 bits per heavy atom. The number of nitrogens with one attached hydrogen (secondary N) is 1. The third-order valence-corrected chi connectivity index (χ3v) is 3.66. The lowest BCUT2D eigenvalue weighted by molar-refractivity contribution is 0.378. The molecule has 20 heavy (non-hydrogen) atoms. The summed E-state index contributed by atoms with van der Waals surface area (Å²) in [5.74, 6) is 2.25. The molecule has 0 aliphatic heterocycles. The molecule has 6 nitrogen and oxygen atoms in total. The van der Waals surface area contributed by atoms with Gasteiger partial charge in [-0.3, -0.25) is 0 Å². The maximum Gasteiger partial charge on any atom is 0.226 e. The number of rotatable bonds is 6. The summed E-state index contributed by atoms with van der Waals surface area (Å²) >= 11 is 1.65. The second-order valence-electron chi connectivity index (χ2n) is 4.14.